The Labute approximate surface area is 110 Å². The van der Waals surface area contributed by atoms with Gasteiger partial charge in [-0.15, -0.1) is 0 Å². The molecule has 0 atom stereocenters. The van der Waals surface area contributed by atoms with Crippen molar-refractivity contribution in [1.82, 2.24) is 0 Å². The Kier molecular flexibility index (Phi) is 5.45. The molecule has 18 heavy (non-hydrogen) atoms. The van der Waals surface area contributed by atoms with E-state index in [9.17, 15) is 4.79 Å². The molecule has 1 rings (SSSR count). The van der Waals surface area contributed by atoms with Gasteiger partial charge in [-0.1, -0.05) is 13.3 Å². The molecule has 0 aliphatic carbocycles. The van der Waals surface area contributed by atoms with E-state index in [1.54, 1.807) is 0 Å². The van der Waals surface area contributed by atoms with Gasteiger partial charge in [-0.3, -0.25) is 4.79 Å². The molecule has 0 N–H and O–H groups in total. The monoisotopic (exact) mass is 252 g/mol. The first-order valence-corrected chi connectivity index (χ1v) is 6.69. The molecule has 0 fully saturated rings. The molecule has 0 saturated carbocycles. The number of esters is 1. The smallest absolute Gasteiger partial charge is 0.306 e. The molecule has 0 bridgehead atoms. The van der Waals surface area contributed by atoms with Crippen LogP contribution in [0.1, 0.15) is 58.3 Å². The van der Waals surface area contributed by atoms with Gasteiger partial charge >= 0.3 is 5.97 Å². The first kappa shape index (κ1) is 14.8. The summed E-state index contributed by atoms with van der Waals surface area (Å²) in [5, 5.41) is 0. The summed E-state index contributed by atoms with van der Waals surface area (Å²) in [5.41, 5.74) is 0.848. The van der Waals surface area contributed by atoms with Crippen molar-refractivity contribution < 1.29 is 13.9 Å². The zero-order chi connectivity index (χ0) is 13.6. The average molecular weight is 252 g/mol. The number of hydrogen-bond donors (Lipinski definition) is 0. The number of rotatable bonds is 6. The van der Waals surface area contributed by atoms with Crippen LogP contribution in [0.25, 0.3) is 0 Å². The van der Waals surface area contributed by atoms with Gasteiger partial charge < -0.3 is 9.15 Å². The summed E-state index contributed by atoms with van der Waals surface area (Å²) >= 11 is 0. The number of furan rings is 1. The highest BCUT2D eigenvalue weighted by atomic mass is 16.6. The third-order valence-corrected chi connectivity index (χ3v) is 2.47. The lowest BCUT2D eigenvalue weighted by Crippen LogP contribution is -2.23. The predicted octanol–water partition coefficient (Wildman–Crippen LogP) is 3.90. The Bertz CT molecular complexity index is 371. The Morgan fingerprint density at radius 1 is 1.33 bits per heavy atom. The van der Waals surface area contributed by atoms with Crippen LogP contribution in [-0.2, 0) is 22.4 Å². The predicted molar refractivity (Wildman–Crippen MR) is 71.5 cm³/mol. The number of carbonyl (C=O) groups excluding carboxylic acids is 1. The van der Waals surface area contributed by atoms with Gasteiger partial charge in [0, 0.05) is 12.8 Å². The van der Waals surface area contributed by atoms with Gasteiger partial charge in [0.05, 0.1) is 6.26 Å². The Morgan fingerprint density at radius 2 is 2.06 bits per heavy atom. The molecule has 0 aromatic carbocycles. The summed E-state index contributed by atoms with van der Waals surface area (Å²) in [6, 6.07) is 2.08. The molecule has 1 aromatic heterocycles. The van der Waals surface area contributed by atoms with Crippen molar-refractivity contribution in [1.29, 1.82) is 0 Å². The highest BCUT2D eigenvalue weighted by molar-refractivity contribution is 5.69. The molecular formula is C15H24O3. The summed E-state index contributed by atoms with van der Waals surface area (Å²) in [6.45, 7) is 7.80. The SMILES string of the molecule is CCCc1coc(CCCC(=O)OC(C)(C)C)c1. The second-order valence-corrected chi connectivity index (χ2v) is 5.61. The van der Waals surface area contributed by atoms with Crippen LogP contribution in [0, 0.1) is 0 Å². The van der Waals surface area contributed by atoms with Gasteiger partial charge in [0.25, 0.3) is 0 Å². The Balaban J connectivity index is 2.26. The fourth-order valence-electron chi connectivity index (χ4n) is 1.78. The maximum atomic E-state index is 11.5. The van der Waals surface area contributed by atoms with Crippen LogP contribution in [0.5, 0.6) is 0 Å². The van der Waals surface area contributed by atoms with Gasteiger partial charge in [0.15, 0.2) is 0 Å². The van der Waals surface area contributed by atoms with Crippen LogP contribution in [0.15, 0.2) is 16.7 Å². The van der Waals surface area contributed by atoms with Crippen molar-refractivity contribution in [3.8, 4) is 0 Å². The quantitative estimate of drug-likeness (QED) is 0.721. The molecule has 3 heteroatoms. The van der Waals surface area contributed by atoms with Gasteiger partial charge in [-0.25, -0.2) is 0 Å². The molecule has 1 aromatic rings. The Morgan fingerprint density at radius 3 is 2.67 bits per heavy atom. The summed E-state index contributed by atoms with van der Waals surface area (Å²) < 4.78 is 10.7. The molecule has 0 aliphatic rings. The number of carbonyl (C=O) groups is 1. The largest absolute Gasteiger partial charge is 0.469 e. The van der Waals surface area contributed by atoms with Gasteiger partial charge in [0.2, 0.25) is 0 Å². The van der Waals surface area contributed by atoms with E-state index in [0.29, 0.717) is 6.42 Å². The third-order valence-electron chi connectivity index (χ3n) is 2.47. The highest BCUT2D eigenvalue weighted by Gasteiger charge is 2.15. The van der Waals surface area contributed by atoms with Gasteiger partial charge in [-0.2, -0.15) is 0 Å². The standard InChI is InChI=1S/C15H24O3/c1-5-7-12-10-13(17-11-12)8-6-9-14(16)18-15(2,3)4/h10-11H,5-9H2,1-4H3. The van der Waals surface area contributed by atoms with Gasteiger partial charge in [0.1, 0.15) is 11.4 Å². The molecule has 3 nitrogen and oxygen atoms in total. The van der Waals surface area contributed by atoms with E-state index in [0.717, 1.165) is 31.4 Å². The van der Waals surface area contributed by atoms with Crippen molar-refractivity contribution >= 4 is 5.97 Å². The Hall–Kier alpha value is -1.25. The molecule has 0 spiro atoms. The summed E-state index contributed by atoms with van der Waals surface area (Å²) in [5.74, 6) is 0.824. The van der Waals surface area contributed by atoms with Crippen LogP contribution in [0.3, 0.4) is 0 Å². The van der Waals surface area contributed by atoms with E-state index in [4.69, 9.17) is 9.15 Å². The van der Waals surface area contributed by atoms with Crippen molar-refractivity contribution in [2.45, 2.75) is 65.4 Å². The van der Waals surface area contributed by atoms with Crippen molar-refractivity contribution in [2.75, 3.05) is 0 Å². The molecule has 0 radical (unpaired) electrons. The number of ether oxygens (including phenoxy) is 1. The minimum Gasteiger partial charge on any atom is -0.469 e. The lowest BCUT2D eigenvalue weighted by Gasteiger charge is -2.19. The fourth-order valence-corrected chi connectivity index (χ4v) is 1.78. The van der Waals surface area contributed by atoms with Crippen LogP contribution in [-0.4, -0.2) is 11.6 Å². The lowest BCUT2D eigenvalue weighted by molar-refractivity contribution is -0.154. The van der Waals surface area contributed by atoms with E-state index >= 15 is 0 Å². The van der Waals surface area contributed by atoms with Crippen molar-refractivity contribution in [3.63, 3.8) is 0 Å². The fraction of sp³-hybridized carbons (Fsp3) is 0.667. The van der Waals surface area contributed by atoms with Crippen molar-refractivity contribution in [3.05, 3.63) is 23.7 Å². The number of aryl methyl sites for hydroxylation is 2. The zero-order valence-corrected chi connectivity index (χ0v) is 11.9. The molecule has 102 valence electrons. The third kappa shape index (κ3) is 5.89. The first-order valence-electron chi connectivity index (χ1n) is 6.69. The molecule has 1 heterocycles. The average Bonchev–Trinajstić information content (AvgIpc) is 2.63. The van der Waals surface area contributed by atoms with Crippen LogP contribution < -0.4 is 0 Å². The van der Waals surface area contributed by atoms with Crippen LogP contribution in [0.4, 0.5) is 0 Å². The van der Waals surface area contributed by atoms with E-state index in [2.05, 4.69) is 13.0 Å². The molecule has 0 saturated heterocycles. The molecular weight excluding hydrogens is 228 g/mol. The van der Waals surface area contributed by atoms with E-state index in [1.807, 2.05) is 27.0 Å². The van der Waals surface area contributed by atoms with Crippen LogP contribution in [0.2, 0.25) is 0 Å². The number of hydrogen-bond acceptors (Lipinski definition) is 3. The maximum Gasteiger partial charge on any atom is 0.306 e. The second kappa shape index (κ2) is 6.62. The normalized spacial score (nSPS) is 11.6. The second-order valence-electron chi connectivity index (χ2n) is 5.61. The van der Waals surface area contributed by atoms with E-state index < -0.39 is 5.60 Å². The molecule has 0 amide bonds. The molecule has 0 aliphatic heterocycles. The minimum atomic E-state index is -0.393. The summed E-state index contributed by atoms with van der Waals surface area (Å²) in [6.07, 6.45) is 6.00. The summed E-state index contributed by atoms with van der Waals surface area (Å²) in [4.78, 5) is 11.5. The van der Waals surface area contributed by atoms with E-state index in [1.165, 1.54) is 5.56 Å². The van der Waals surface area contributed by atoms with Crippen LogP contribution >= 0.6 is 0 Å². The molecule has 0 unspecified atom stereocenters. The maximum absolute atomic E-state index is 11.5. The highest BCUT2D eigenvalue weighted by Crippen LogP contribution is 2.14. The van der Waals surface area contributed by atoms with E-state index in [-0.39, 0.29) is 5.97 Å². The van der Waals surface area contributed by atoms with Gasteiger partial charge in [-0.05, 0) is 45.2 Å². The van der Waals surface area contributed by atoms with Crippen molar-refractivity contribution in [2.24, 2.45) is 0 Å². The summed E-state index contributed by atoms with van der Waals surface area (Å²) in [7, 11) is 0. The lowest BCUT2D eigenvalue weighted by atomic mass is 10.1. The first-order chi connectivity index (χ1) is 8.40. The topological polar surface area (TPSA) is 39.4 Å². The zero-order valence-electron chi connectivity index (χ0n) is 11.9. The minimum absolute atomic E-state index is 0.136.